The number of nitrogens with zero attached hydrogens (tertiary/aromatic N) is 1. The van der Waals surface area contributed by atoms with Gasteiger partial charge in [0.1, 0.15) is 0 Å². The van der Waals surface area contributed by atoms with Gasteiger partial charge in [-0.3, -0.25) is 5.43 Å². The summed E-state index contributed by atoms with van der Waals surface area (Å²) in [5.74, 6) is 2.05. The van der Waals surface area contributed by atoms with Crippen LogP contribution < -0.4 is 31.0 Å². The molecular weight excluding hydrogens is 310 g/mol. The number of urea groups is 1. The largest absolute Gasteiger partial charge is 0.454 e. The number of benzene rings is 1. The van der Waals surface area contributed by atoms with Crippen LogP contribution in [-0.2, 0) is 0 Å². The molecule has 3 aliphatic heterocycles. The SMILES string of the molecule is O=C1NCCN1CCNCC1CNNC1c1ccc2c(c1)OCO2. The van der Waals surface area contributed by atoms with E-state index in [-0.39, 0.29) is 12.1 Å². The highest BCUT2D eigenvalue weighted by atomic mass is 16.7. The van der Waals surface area contributed by atoms with E-state index in [9.17, 15) is 4.79 Å². The van der Waals surface area contributed by atoms with Gasteiger partial charge >= 0.3 is 6.03 Å². The molecule has 3 heterocycles. The van der Waals surface area contributed by atoms with Gasteiger partial charge in [-0.1, -0.05) is 6.07 Å². The average molecular weight is 333 g/mol. The maximum atomic E-state index is 11.5. The van der Waals surface area contributed by atoms with E-state index in [2.05, 4.69) is 33.6 Å². The minimum absolute atomic E-state index is 0.0410. The number of hydrazine groups is 1. The summed E-state index contributed by atoms with van der Waals surface area (Å²) in [6.45, 7) is 5.18. The van der Waals surface area contributed by atoms with Crippen molar-refractivity contribution in [3.05, 3.63) is 23.8 Å². The van der Waals surface area contributed by atoms with Crippen LogP contribution in [0.4, 0.5) is 4.79 Å². The third-order valence-corrected chi connectivity index (χ3v) is 4.76. The predicted molar refractivity (Wildman–Crippen MR) is 87.8 cm³/mol. The summed E-state index contributed by atoms with van der Waals surface area (Å²) in [5, 5.41) is 6.29. The monoisotopic (exact) mass is 333 g/mol. The molecule has 1 aromatic rings. The fourth-order valence-corrected chi connectivity index (χ4v) is 3.41. The molecule has 0 bridgehead atoms. The Morgan fingerprint density at radius 1 is 1.29 bits per heavy atom. The number of ether oxygens (including phenoxy) is 2. The Labute approximate surface area is 140 Å². The molecule has 1 aromatic carbocycles. The van der Waals surface area contributed by atoms with Crippen molar-refractivity contribution in [2.75, 3.05) is 46.1 Å². The van der Waals surface area contributed by atoms with Crippen molar-refractivity contribution in [1.82, 2.24) is 26.4 Å². The maximum Gasteiger partial charge on any atom is 0.317 e. The summed E-state index contributed by atoms with van der Waals surface area (Å²) in [4.78, 5) is 13.3. The van der Waals surface area contributed by atoms with E-state index in [1.54, 1.807) is 0 Å². The summed E-state index contributed by atoms with van der Waals surface area (Å²) in [7, 11) is 0. The molecule has 2 amide bonds. The maximum absolute atomic E-state index is 11.5. The highest BCUT2D eigenvalue weighted by Gasteiger charge is 2.29. The normalized spacial score (nSPS) is 25.3. The molecule has 4 rings (SSSR count). The van der Waals surface area contributed by atoms with E-state index in [0.717, 1.165) is 50.8 Å². The molecule has 8 nitrogen and oxygen atoms in total. The molecule has 2 fully saturated rings. The van der Waals surface area contributed by atoms with Gasteiger partial charge in [-0.2, -0.15) is 0 Å². The van der Waals surface area contributed by atoms with Crippen molar-refractivity contribution in [2.45, 2.75) is 6.04 Å². The Morgan fingerprint density at radius 3 is 3.08 bits per heavy atom. The Morgan fingerprint density at radius 2 is 2.21 bits per heavy atom. The van der Waals surface area contributed by atoms with E-state index in [0.29, 0.717) is 12.7 Å². The molecular formula is C16H23N5O3. The second-order valence-electron chi connectivity index (χ2n) is 6.30. The first-order valence-electron chi connectivity index (χ1n) is 8.43. The number of rotatable bonds is 6. The van der Waals surface area contributed by atoms with Gasteiger partial charge in [0, 0.05) is 45.2 Å². The van der Waals surface area contributed by atoms with Crippen LogP contribution >= 0.6 is 0 Å². The summed E-state index contributed by atoms with van der Waals surface area (Å²) >= 11 is 0. The van der Waals surface area contributed by atoms with E-state index in [1.807, 2.05) is 11.0 Å². The second-order valence-corrected chi connectivity index (χ2v) is 6.30. The minimum atomic E-state index is 0.0410. The lowest BCUT2D eigenvalue weighted by Crippen LogP contribution is -2.37. The fraction of sp³-hybridized carbons (Fsp3) is 0.562. The van der Waals surface area contributed by atoms with Crippen LogP contribution in [0.2, 0.25) is 0 Å². The molecule has 0 aromatic heterocycles. The molecule has 130 valence electrons. The van der Waals surface area contributed by atoms with Crippen molar-refractivity contribution in [3.63, 3.8) is 0 Å². The molecule has 0 spiro atoms. The molecule has 4 N–H and O–H groups in total. The highest BCUT2D eigenvalue weighted by molar-refractivity contribution is 5.76. The van der Waals surface area contributed by atoms with E-state index in [1.165, 1.54) is 5.56 Å². The van der Waals surface area contributed by atoms with Crippen molar-refractivity contribution in [1.29, 1.82) is 0 Å². The summed E-state index contributed by atoms with van der Waals surface area (Å²) in [5.41, 5.74) is 7.77. The zero-order valence-electron chi connectivity index (χ0n) is 13.5. The molecule has 2 atom stereocenters. The van der Waals surface area contributed by atoms with Crippen LogP contribution in [0.25, 0.3) is 0 Å². The number of nitrogens with one attached hydrogen (secondary N) is 4. The summed E-state index contributed by atoms with van der Waals surface area (Å²) in [6, 6.07) is 6.36. The third-order valence-electron chi connectivity index (χ3n) is 4.76. The Hall–Kier alpha value is -2.03. The predicted octanol–water partition coefficient (Wildman–Crippen LogP) is -0.205. The lowest BCUT2D eigenvalue weighted by molar-refractivity contribution is 0.174. The van der Waals surface area contributed by atoms with E-state index >= 15 is 0 Å². The molecule has 2 saturated heterocycles. The van der Waals surface area contributed by atoms with Gasteiger partial charge in [-0.05, 0) is 17.7 Å². The van der Waals surface area contributed by atoms with Crippen LogP contribution in [0.1, 0.15) is 11.6 Å². The Bertz CT molecular complexity index is 611. The smallest absolute Gasteiger partial charge is 0.317 e. The Kier molecular flexibility index (Phi) is 4.42. The van der Waals surface area contributed by atoms with Crippen LogP contribution in [0, 0.1) is 5.92 Å². The molecule has 3 aliphatic rings. The number of carbonyl (C=O) groups is 1. The molecule has 0 radical (unpaired) electrons. The lowest BCUT2D eigenvalue weighted by Gasteiger charge is -2.20. The number of hydrogen-bond acceptors (Lipinski definition) is 6. The van der Waals surface area contributed by atoms with Crippen LogP contribution in [-0.4, -0.2) is 57.0 Å². The molecule has 24 heavy (non-hydrogen) atoms. The summed E-state index contributed by atoms with van der Waals surface area (Å²) < 4.78 is 10.8. The van der Waals surface area contributed by atoms with Gasteiger partial charge in [0.25, 0.3) is 0 Å². The average Bonchev–Trinajstić information content (AvgIpc) is 3.32. The first-order valence-corrected chi connectivity index (χ1v) is 8.43. The molecule has 2 unspecified atom stereocenters. The zero-order chi connectivity index (χ0) is 16.4. The number of amides is 2. The zero-order valence-corrected chi connectivity index (χ0v) is 13.5. The first-order chi connectivity index (χ1) is 11.8. The minimum Gasteiger partial charge on any atom is -0.454 e. The van der Waals surface area contributed by atoms with Crippen LogP contribution in [0.3, 0.4) is 0 Å². The summed E-state index contributed by atoms with van der Waals surface area (Å²) in [6.07, 6.45) is 0. The standard InChI is InChI=1S/C16H23N5O3/c22-16-18-4-6-21(16)5-3-17-8-12-9-19-20-15(12)11-1-2-13-14(7-11)24-10-23-13/h1-2,7,12,15,17,19-20H,3-6,8-10H2,(H,18,22). The number of hydrogen-bond donors (Lipinski definition) is 4. The lowest BCUT2D eigenvalue weighted by atomic mass is 9.94. The van der Waals surface area contributed by atoms with Gasteiger partial charge in [0.15, 0.2) is 11.5 Å². The highest BCUT2D eigenvalue weighted by Crippen LogP contribution is 2.36. The number of fused-ring (bicyclic) bond motifs is 1. The van der Waals surface area contributed by atoms with Crippen molar-refractivity contribution >= 4 is 6.03 Å². The molecule has 8 heteroatoms. The van der Waals surface area contributed by atoms with Gasteiger partial charge in [0.05, 0.1) is 6.04 Å². The van der Waals surface area contributed by atoms with Gasteiger partial charge in [0.2, 0.25) is 6.79 Å². The quantitative estimate of drug-likeness (QED) is 0.539. The van der Waals surface area contributed by atoms with Crippen molar-refractivity contribution in [3.8, 4) is 11.5 Å². The van der Waals surface area contributed by atoms with Gasteiger partial charge in [-0.15, -0.1) is 0 Å². The van der Waals surface area contributed by atoms with Crippen LogP contribution in [0.5, 0.6) is 11.5 Å². The van der Waals surface area contributed by atoms with Crippen LogP contribution in [0.15, 0.2) is 18.2 Å². The van der Waals surface area contributed by atoms with Crippen molar-refractivity contribution < 1.29 is 14.3 Å². The van der Waals surface area contributed by atoms with Crippen molar-refractivity contribution in [2.24, 2.45) is 5.92 Å². The molecule has 0 aliphatic carbocycles. The second kappa shape index (κ2) is 6.84. The van der Waals surface area contributed by atoms with E-state index in [4.69, 9.17) is 9.47 Å². The van der Waals surface area contributed by atoms with Gasteiger partial charge < -0.3 is 25.0 Å². The third kappa shape index (κ3) is 3.12. The first kappa shape index (κ1) is 15.5. The molecule has 0 saturated carbocycles. The fourth-order valence-electron chi connectivity index (χ4n) is 3.41. The van der Waals surface area contributed by atoms with E-state index < -0.39 is 0 Å². The topological polar surface area (TPSA) is 86.9 Å². The number of carbonyl (C=O) groups excluding carboxylic acids is 1. The Balaban J connectivity index is 1.29. The van der Waals surface area contributed by atoms with Gasteiger partial charge in [-0.25, -0.2) is 10.2 Å².